The van der Waals surface area contributed by atoms with Gasteiger partial charge < -0.3 is 9.73 Å². The van der Waals surface area contributed by atoms with Crippen molar-refractivity contribution in [3.05, 3.63) is 24.2 Å². The molecule has 0 radical (unpaired) electrons. The molecule has 0 amide bonds. The van der Waals surface area contributed by atoms with Crippen molar-refractivity contribution in [1.82, 2.24) is 5.32 Å². The molecule has 1 N–H and O–H groups in total. The van der Waals surface area contributed by atoms with Crippen LogP contribution in [0, 0.1) is 5.92 Å². The van der Waals surface area contributed by atoms with E-state index < -0.39 is 0 Å². The topological polar surface area (TPSA) is 25.2 Å². The first-order chi connectivity index (χ1) is 6.86. The Kier molecular flexibility index (Phi) is 5.38. The van der Waals surface area contributed by atoms with Gasteiger partial charge in [0.05, 0.1) is 6.26 Å². The van der Waals surface area contributed by atoms with Crippen molar-refractivity contribution in [3.8, 4) is 0 Å². The molecule has 0 saturated heterocycles. The van der Waals surface area contributed by atoms with Gasteiger partial charge in [0.2, 0.25) is 0 Å². The molecule has 2 nitrogen and oxygen atoms in total. The third kappa shape index (κ3) is 3.97. The predicted molar refractivity (Wildman–Crippen MR) is 59.4 cm³/mol. The Morgan fingerprint density at radius 2 is 2.14 bits per heavy atom. The zero-order valence-electron chi connectivity index (χ0n) is 9.25. The van der Waals surface area contributed by atoms with Gasteiger partial charge in [-0.2, -0.15) is 0 Å². The second-order valence-electron chi connectivity index (χ2n) is 3.72. The third-order valence-electron chi connectivity index (χ3n) is 2.72. The van der Waals surface area contributed by atoms with Gasteiger partial charge in [-0.1, -0.05) is 26.7 Å². The third-order valence-corrected chi connectivity index (χ3v) is 2.72. The van der Waals surface area contributed by atoms with E-state index in [1.165, 1.54) is 12.8 Å². The second-order valence-corrected chi connectivity index (χ2v) is 3.72. The molecule has 2 heteroatoms. The molecule has 1 aromatic rings. The van der Waals surface area contributed by atoms with Crippen LogP contribution in [0.1, 0.15) is 32.4 Å². The van der Waals surface area contributed by atoms with E-state index in [2.05, 4.69) is 19.2 Å². The lowest BCUT2D eigenvalue weighted by Gasteiger charge is -2.12. The van der Waals surface area contributed by atoms with Crippen LogP contribution in [0.4, 0.5) is 0 Å². The zero-order valence-corrected chi connectivity index (χ0v) is 9.25. The van der Waals surface area contributed by atoms with Gasteiger partial charge >= 0.3 is 0 Å². The molecule has 14 heavy (non-hydrogen) atoms. The van der Waals surface area contributed by atoms with Crippen molar-refractivity contribution in [2.24, 2.45) is 5.92 Å². The summed E-state index contributed by atoms with van der Waals surface area (Å²) in [5.41, 5.74) is 0. The summed E-state index contributed by atoms with van der Waals surface area (Å²) < 4.78 is 5.25. The average Bonchev–Trinajstić information content (AvgIpc) is 2.71. The van der Waals surface area contributed by atoms with Gasteiger partial charge in [0.15, 0.2) is 0 Å². The Hall–Kier alpha value is -0.760. The minimum Gasteiger partial charge on any atom is -0.469 e. The highest BCUT2D eigenvalue weighted by molar-refractivity contribution is 4.98. The SMILES string of the molecule is CCC(CC)CNCCc1ccco1. The maximum Gasteiger partial charge on any atom is 0.105 e. The minimum absolute atomic E-state index is 0.826. The van der Waals surface area contributed by atoms with E-state index in [1.807, 2.05) is 12.1 Å². The fraction of sp³-hybridized carbons (Fsp3) is 0.667. The maximum atomic E-state index is 5.25. The lowest BCUT2D eigenvalue weighted by Crippen LogP contribution is -2.24. The number of rotatable bonds is 7. The fourth-order valence-corrected chi connectivity index (χ4v) is 1.55. The Balaban J connectivity index is 2.04. The molecule has 0 aliphatic rings. The molecule has 0 spiro atoms. The molecule has 0 aromatic carbocycles. The summed E-state index contributed by atoms with van der Waals surface area (Å²) in [5.74, 6) is 1.90. The van der Waals surface area contributed by atoms with Crippen molar-refractivity contribution in [1.29, 1.82) is 0 Å². The van der Waals surface area contributed by atoms with Crippen LogP contribution in [0.2, 0.25) is 0 Å². The summed E-state index contributed by atoms with van der Waals surface area (Å²) in [6.45, 7) is 6.66. The van der Waals surface area contributed by atoms with Crippen molar-refractivity contribution < 1.29 is 4.42 Å². The zero-order chi connectivity index (χ0) is 10.2. The van der Waals surface area contributed by atoms with Gasteiger partial charge in [0.25, 0.3) is 0 Å². The minimum atomic E-state index is 0.826. The molecular weight excluding hydrogens is 174 g/mol. The summed E-state index contributed by atoms with van der Waals surface area (Å²) in [7, 11) is 0. The lowest BCUT2D eigenvalue weighted by molar-refractivity contribution is 0.440. The van der Waals surface area contributed by atoms with Gasteiger partial charge in [-0.3, -0.25) is 0 Å². The smallest absolute Gasteiger partial charge is 0.105 e. The molecular formula is C12H21NO. The molecule has 0 unspecified atom stereocenters. The number of nitrogens with one attached hydrogen (secondary N) is 1. The van der Waals surface area contributed by atoms with Crippen LogP contribution in [0.5, 0.6) is 0 Å². The molecule has 0 saturated carbocycles. The molecule has 80 valence electrons. The van der Waals surface area contributed by atoms with Crippen LogP contribution in [0.15, 0.2) is 22.8 Å². The monoisotopic (exact) mass is 195 g/mol. The highest BCUT2D eigenvalue weighted by Gasteiger charge is 2.02. The first kappa shape index (κ1) is 11.3. The maximum absolute atomic E-state index is 5.25. The summed E-state index contributed by atoms with van der Waals surface area (Å²) in [6, 6.07) is 3.97. The molecule has 0 bridgehead atoms. The summed E-state index contributed by atoms with van der Waals surface area (Å²) in [6.07, 6.45) is 5.26. The van der Waals surface area contributed by atoms with Crippen LogP contribution < -0.4 is 5.32 Å². The largest absolute Gasteiger partial charge is 0.469 e. The average molecular weight is 195 g/mol. The van der Waals surface area contributed by atoms with Crippen LogP contribution in [0.3, 0.4) is 0 Å². The summed E-state index contributed by atoms with van der Waals surface area (Å²) >= 11 is 0. The Morgan fingerprint density at radius 3 is 2.71 bits per heavy atom. The quantitative estimate of drug-likeness (QED) is 0.677. The van der Waals surface area contributed by atoms with Crippen molar-refractivity contribution in [2.45, 2.75) is 33.1 Å². The highest BCUT2D eigenvalue weighted by Crippen LogP contribution is 2.05. The molecule has 1 aromatic heterocycles. The molecule has 1 rings (SSSR count). The Bertz CT molecular complexity index is 214. The van der Waals surface area contributed by atoms with Crippen LogP contribution in [0.25, 0.3) is 0 Å². The number of furan rings is 1. The molecule has 0 aliphatic heterocycles. The molecule has 0 aliphatic carbocycles. The van der Waals surface area contributed by atoms with Crippen molar-refractivity contribution >= 4 is 0 Å². The molecule has 0 atom stereocenters. The van der Waals surface area contributed by atoms with Crippen LogP contribution >= 0.6 is 0 Å². The van der Waals surface area contributed by atoms with Crippen LogP contribution in [-0.2, 0) is 6.42 Å². The van der Waals surface area contributed by atoms with Crippen LogP contribution in [-0.4, -0.2) is 13.1 Å². The number of hydrogen-bond acceptors (Lipinski definition) is 2. The van der Waals surface area contributed by atoms with E-state index in [1.54, 1.807) is 6.26 Å². The van der Waals surface area contributed by atoms with E-state index >= 15 is 0 Å². The predicted octanol–water partition coefficient (Wildman–Crippen LogP) is 2.85. The molecule has 1 heterocycles. The van der Waals surface area contributed by atoms with Gasteiger partial charge in [-0.15, -0.1) is 0 Å². The van der Waals surface area contributed by atoms with E-state index in [4.69, 9.17) is 4.42 Å². The van der Waals surface area contributed by atoms with Gasteiger partial charge in [-0.05, 0) is 24.6 Å². The fourth-order valence-electron chi connectivity index (χ4n) is 1.55. The van der Waals surface area contributed by atoms with Crippen molar-refractivity contribution in [3.63, 3.8) is 0 Å². The van der Waals surface area contributed by atoms with Gasteiger partial charge in [-0.25, -0.2) is 0 Å². The lowest BCUT2D eigenvalue weighted by atomic mass is 10.0. The first-order valence-electron chi connectivity index (χ1n) is 5.59. The first-order valence-corrected chi connectivity index (χ1v) is 5.59. The molecule has 0 fully saturated rings. The summed E-state index contributed by atoms with van der Waals surface area (Å²) in [5, 5.41) is 3.47. The number of hydrogen-bond donors (Lipinski definition) is 1. The van der Waals surface area contributed by atoms with Gasteiger partial charge in [0, 0.05) is 13.0 Å². The Labute approximate surface area is 86.7 Å². The van der Waals surface area contributed by atoms with E-state index in [0.717, 1.165) is 31.2 Å². The van der Waals surface area contributed by atoms with E-state index in [-0.39, 0.29) is 0 Å². The van der Waals surface area contributed by atoms with E-state index in [0.29, 0.717) is 0 Å². The normalized spacial score (nSPS) is 11.1. The Morgan fingerprint density at radius 1 is 1.36 bits per heavy atom. The van der Waals surface area contributed by atoms with Crippen molar-refractivity contribution in [2.75, 3.05) is 13.1 Å². The highest BCUT2D eigenvalue weighted by atomic mass is 16.3. The van der Waals surface area contributed by atoms with E-state index in [9.17, 15) is 0 Å². The summed E-state index contributed by atoms with van der Waals surface area (Å²) in [4.78, 5) is 0. The second kappa shape index (κ2) is 6.66. The standard InChI is InChI=1S/C12H21NO/c1-3-11(4-2)10-13-8-7-12-6-5-9-14-12/h5-6,9,11,13H,3-4,7-8,10H2,1-2H3. The van der Waals surface area contributed by atoms with Gasteiger partial charge in [0.1, 0.15) is 5.76 Å².